The summed E-state index contributed by atoms with van der Waals surface area (Å²) in [4.78, 5) is 3.97. The van der Waals surface area contributed by atoms with Gasteiger partial charge >= 0.3 is 0 Å². The first-order valence-corrected chi connectivity index (χ1v) is 6.33. The molecule has 0 fully saturated rings. The predicted molar refractivity (Wildman–Crippen MR) is 70.1 cm³/mol. The van der Waals surface area contributed by atoms with Crippen molar-refractivity contribution >= 4 is 0 Å². The summed E-state index contributed by atoms with van der Waals surface area (Å²) in [6.45, 7) is 4.32. The van der Waals surface area contributed by atoms with E-state index in [9.17, 15) is 13.2 Å². The topological polar surface area (TPSA) is 43.8 Å². The molecular formula is C14H16F3N3. The van der Waals surface area contributed by atoms with Crippen LogP contribution >= 0.6 is 0 Å². The zero-order chi connectivity index (χ0) is 14.9. The van der Waals surface area contributed by atoms with Gasteiger partial charge in [0.15, 0.2) is 17.5 Å². The van der Waals surface area contributed by atoms with Gasteiger partial charge in [0.05, 0.1) is 12.0 Å². The Morgan fingerprint density at radius 1 is 1.20 bits per heavy atom. The Hall–Kier alpha value is -1.82. The quantitative estimate of drug-likeness (QED) is 0.877. The van der Waals surface area contributed by atoms with Crippen molar-refractivity contribution in [1.29, 1.82) is 0 Å². The van der Waals surface area contributed by atoms with Crippen molar-refractivity contribution in [3.63, 3.8) is 0 Å². The normalized spacial score (nSPS) is 12.9. The molecule has 1 unspecified atom stereocenters. The molecular weight excluding hydrogens is 267 g/mol. The average molecular weight is 283 g/mol. The van der Waals surface area contributed by atoms with E-state index >= 15 is 0 Å². The molecule has 0 aliphatic rings. The van der Waals surface area contributed by atoms with Crippen LogP contribution in [0.25, 0.3) is 5.69 Å². The van der Waals surface area contributed by atoms with Crippen LogP contribution < -0.4 is 5.73 Å². The zero-order valence-electron chi connectivity index (χ0n) is 11.3. The van der Waals surface area contributed by atoms with Gasteiger partial charge in [-0.15, -0.1) is 0 Å². The highest BCUT2D eigenvalue weighted by Crippen LogP contribution is 2.27. The number of imidazole rings is 1. The van der Waals surface area contributed by atoms with Gasteiger partial charge in [-0.3, -0.25) is 4.57 Å². The van der Waals surface area contributed by atoms with Gasteiger partial charge in [-0.1, -0.05) is 13.8 Å². The summed E-state index contributed by atoms with van der Waals surface area (Å²) in [5.74, 6) is -3.78. The van der Waals surface area contributed by atoms with Gasteiger partial charge in [-0.25, -0.2) is 18.2 Å². The number of nitrogens with zero attached hydrogens (tertiary/aromatic N) is 2. The Morgan fingerprint density at radius 2 is 1.90 bits per heavy atom. The Kier molecular flexibility index (Phi) is 4.13. The summed E-state index contributed by atoms with van der Waals surface area (Å²) in [7, 11) is 0. The molecule has 1 atom stereocenters. The summed E-state index contributed by atoms with van der Waals surface area (Å²) in [6.07, 6.45) is 2.94. The zero-order valence-corrected chi connectivity index (χ0v) is 11.3. The van der Waals surface area contributed by atoms with E-state index in [0.29, 0.717) is 12.2 Å². The second-order valence-electron chi connectivity index (χ2n) is 4.97. The third-order valence-corrected chi connectivity index (χ3v) is 3.38. The molecule has 0 aliphatic carbocycles. The van der Waals surface area contributed by atoms with E-state index in [2.05, 4.69) is 4.98 Å². The number of aromatic nitrogens is 2. The number of benzene rings is 1. The maximum Gasteiger partial charge on any atom is 0.196 e. The van der Waals surface area contributed by atoms with Crippen molar-refractivity contribution in [2.24, 2.45) is 11.7 Å². The minimum atomic E-state index is -1.49. The van der Waals surface area contributed by atoms with E-state index in [1.807, 2.05) is 13.8 Å². The van der Waals surface area contributed by atoms with Gasteiger partial charge < -0.3 is 5.73 Å². The van der Waals surface area contributed by atoms with Crippen LogP contribution in [0, 0.1) is 23.4 Å². The number of hydrogen-bond acceptors (Lipinski definition) is 2. The maximum absolute atomic E-state index is 13.9. The van der Waals surface area contributed by atoms with Gasteiger partial charge in [0, 0.05) is 24.4 Å². The standard InChI is InChI=1S/C14H16F3N3/c1-8(2)9(5-18)12-6-19-7-20(12)11-4-3-10(15)13(16)14(11)17/h3-4,6-9H,5,18H2,1-2H3. The highest BCUT2D eigenvalue weighted by Gasteiger charge is 2.22. The smallest absolute Gasteiger partial charge is 0.196 e. The van der Waals surface area contributed by atoms with Crippen LogP contribution in [0.1, 0.15) is 25.5 Å². The fourth-order valence-corrected chi connectivity index (χ4v) is 2.22. The minimum Gasteiger partial charge on any atom is -0.330 e. The van der Waals surface area contributed by atoms with Crippen molar-refractivity contribution in [3.05, 3.63) is 47.8 Å². The maximum atomic E-state index is 13.9. The predicted octanol–water partition coefficient (Wildman–Crippen LogP) is 2.99. The SMILES string of the molecule is CC(C)C(CN)c1cncn1-c1ccc(F)c(F)c1F. The van der Waals surface area contributed by atoms with Crippen molar-refractivity contribution in [2.75, 3.05) is 6.54 Å². The molecule has 2 aromatic rings. The van der Waals surface area contributed by atoms with Crippen LogP contribution in [-0.4, -0.2) is 16.1 Å². The summed E-state index contributed by atoms with van der Waals surface area (Å²) in [5.41, 5.74) is 6.33. The van der Waals surface area contributed by atoms with E-state index in [4.69, 9.17) is 5.73 Å². The number of halogens is 3. The molecule has 108 valence electrons. The molecule has 0 aliphatic heterocycles. The first-order chi connectivity index (χ1) is 9.47. The van der Waals surface area contributed by atoms with E-state index in [0.717, 1.165) is 6.07 Å². The lowest BCUT2D eigenvalue weighted by molar-refractivity contribution is 0.441. The fraction of sp³-hybridized carbons (Fsp3) is 0.357. The number of nitrogens with two attached hydrogens (primary N) is 1. The molecule has 2 rings (SSSR count). The van der Waals surface area contributed by atoms with Crippen LogP contribution in [0.2, 0.25) is 0 Å². The Morgan fingerprint density at radius 3 is 2.50 bits per heavy atom. The summed E-state index contributed by atoms with van der Waals surface area (Å²) in [5, 5.41) is 0. The Labute approximate surface area is 115 Å². The monoisotopic (exact) mass is 283 g/mol. The third kappa shape index (κ3) is 2.43. The second kappa shape index (κ2) is 5.66. The van der Waals surface area contributed by atoms with Crippen LogP contribution in [-0.2, 0) is 0 Å². The van der Waals surface area contributed by atoms with Gasteiger partial charge in [-0.05, 0) is 18.1 Å². The van der Waals surface area contributed by atoms with E-state index in [1.54, 1.807) is 6.20 Å². The van der Waals surface area contributed by atoms with E-state index in [-0.39, 0.29) is 17.5 Å². The number of hydrogen-bond donors (Lipinski definition) is 1. The lowest BCUT2D eigenvalue weighted by Gasteiger charge is -2.21. The molecule has 0 spiro atoms. The van der Waals surface area contributed by atoms with Crippen LogP contribution in [0.4, 0.5) is 13.2 Å². The molecule has 0 amide bonds. The average Bonchev–Trinajstić information content (AvgIpc) is 2.86. The molecule has 0 saturated carbocycles. The fourth-order valence-electron chi connectivity index (χ4n) is 2.22. The van der Waals surface area contributed by atoms with Crippen molar-refractivity contribution in [1.82, 2.24) is 9.55 Å². The van der Waals surface area contributed by atoms with Crippen LogP contribution in [0.15, 0.2) is 24.7 Å². The molecule has 0 saturated heterocycles. The summed E-state index contributed by atoms with van der Waals surface area (Å²) in [6, 6.07) is 2.08. The summed E-state index contributed by atoms with van der Waals surface area (Å²) < 4.78 is 41.6. The molecule has 20 heavy (non-hydrogen) atoms. The van der Waals surface area contributed by atoms with Gasteiger partial charge in [0.1, 0.15) is 0 Å². The highest BCUT2D eigenvalue weighted by atomic mass is 19.2. The van der Waals surface area contributed by atoms with Gasteiger partial charge in [-0.2, -0.15) is 0 Å². The summed E-state index contributed by atoms with van der Waals surface area (Å²) >= 11 is 0. The lowest BCUT2D eigenvalue weighted by atomic mass is 9.93. The van der Waals surface area contributed by atoms with Gasteiger partial charge in [0.2, 0.25) is 0 Å². The Bertz CT molecular complexity index is 608. The highest BCUT2D eigenvalue weighted by molar-refractivity contribution is 5.37. The molecule has 6 heteroatoms. The molecule has 1 heterocycles. The first kappa shape index (κ1) is 14.6. The third-order valence-electron chi connectivity index (χ3n) is 3.38. The molecule has 1 aromatic heterocycles. The molecule has 0 radical (unpaired) electrons. The molecule has 3 nitrogen and oxygen atoms in total. The van der Waals surface area contributed by atoms with E-state index in [1.165, 1.54) is 17.0 Å². The van der Waals surface area contributed by atoms with Crippen LogP contribution in [0.3, 0.4) is 0 Å². The Balaban J connectivity index is 2.55. The molecule has 0 bridgehead atoms. The van der Waals surface area contributed by atoms with E-state index < -0.39 is 17.5 Å². The lowest BCUT2D eigenvalue weighted by Crippen LogP contribution is -2.21. The second-order valence-corrected chi connectivity index (χ2v) is 4.97. The largest absolute Gasteiger partial charge is 0.330 e. The van der Waals surface area contributed by atoms with Crippen molar-refractivity contribution in [2.45, 2.75) is 19.8 Å². The molecule has 1 aromatic carbocycles. The minimum absolute atomic E-state index is 0.0509. The molecule has 2 N–H and O–H groups in total. The number of rotatable bonds is 4. The first-order valence-electron chi connectivity index (χ1n) is 6.33. The van der Waals surface area contributed by atoms with Crippen molar-refractivity contribution < 1.29 is 13.2 Å². The van der Waals surface area contributed by atoms with Gasteiger partial charge in [0.25, 0.3) is 0 Å². The van der Waals surface area contributed by atoms with Crippen molar-refractivity contribution in [3.8, 4) is 5.69 Å². The van der Waals surface area contributed by atoms with Crippen LogP contribution in [0.5, 0.6) is 0 Å².